The van der Waals surface area contributed by atoms with Crippen LogP contribution in [0.1, 0.15) is 6.92 Å². The molecule has 0 bridgehead atoms. The van der Waals surface area contributed by atoms with Crippen LogP contribution in [0.3, 0.4) is 0 Å². The van der Waals surface area contributed by atoms with Gasteiger partial charge in [-0.15, -0.1) is 0 Å². The van der Waals surface area contributed by atoms with Crippen LogP contribution in [0.25, 0.3) is 0 Å². The topological polar surface area (TPSA) is 106 Å². The number of rotatable bonds is 2. The molecule has 0 radical (unpaired) electrons. The maximum absolute atomic E-state index is 9.57. The second-order valence-corrected chi connectivity index (χ2v) is 1.53. The van der Waals surface area contributed by atoms with Crippen LogP contribution >= 0.6 is 0 Å². The number of carboxylic acids is 1. The van der Waals surface area contributed by atoms with Gasteiger partial charge in [0.15, 0.2) is 0 Å². The van der Waals surface area contributed by atoms with E-state index in [0.29, 0.717) is 6.29 Å². The Kier molecular flexibility index (Phi) is 9.52. The van der Waals surface area contributed by atoms with Crippen LogP contribution in [0.5, 0.6) is 0 Å². The minimum Gasteiger partial charge on any atom is -0.480 e. The molecule has 0 amide bonds. The first-order valence-electron chi connectivity index (χ1n) is 2.68. The third kappa shape index (κ3) is 15.7. The minimum absolute atomic E-state index is 0.139. The molecule has 0 aliphatic carbocycles. The van der Waals surface area contributed by atoms with Crippen molar-refractivity contribution in [2.24, 2.45) is 11.5 Å². The lowest BCUT2D eigenvalue weighted by molar-refractivity contribution is -0.138. The first kappa shape index (κ1) is 11.8. The highest BCUT2D eigenvalue weighted by atomic mass is 16.4. The van der Waals surface area contributed by atoms with Crippen LogP contribution in [0, 0.1) is 0 Å². The van der Waals surface area contributed by atoms with Gasteiger partial charge in [-0.2, -0.15) is 0 Å². The summed E-state index contributed by atoms with van der Waals surface area (Å²) in [5.74, 6) is -0.963. The Morgan fingerprint density at radius 1 is 1.80 bits per heavy atom. The molecule has 10 heavy (non-hydrogen) atoms. The van der Waals surface area contributed by atoms with E-state index in [1.165, 1.54) is 6.92 Å². The normalized spacial score (nSPS) is 10.7. The number of hydrogen-bond donors (Lipinski definition) is 3. The maximum Gasteiger partial charge on any atom is 0.320 e. The quantitative estimate of drug-likeness (QED) is 0.416. The Balaban J connectivity index is 0. The summed E-state index contributed by atoms with van der Waals surface area (Å²) in [6.07, 6.45) is 0.653. The zero-order valence-corrected chi connectivity index (χ0v) is 5.78. The minimum atomic E-state index is -0.963. The van der Waals surface area contributed by atoms with Gasteiger partial charge in [-0.25, -0.2) is 0 Å². The summed E-state index contributed by atoms with van der Waals surface area (Å²) in [6.45, 7) is 1.56. The molecule has 5 nitrogen and oxygen atoms in total. The summed E-state index contributed by atoms with van der Waals surface area (Å²) in [5, 5.41) is 7.87. The van der Waals surface area contributed by atoms with Crippen LogP contribution in [0.15, 0.2) is 0 Å². The van der Waals surface area contributed by atoms with E-state index in [0.717, 1.165) is 0 Å². The van der Waals surface area contributed by atoms with Crippen molar-refractivity contribution < 1.29 is 14.7 Å². The van der Waals surface area contributed by atoms with E-state index < -0.39 is 12.0 Å². The third-order valence-electron chi connectivity index (χ3n) is 0.486. The van der Waals surface area contributed by atoms with Crippen LogP contribution < -0.4 is 11.5 Å². The van der Waals surface area contributed by atoms with Gasteiger partial charge in [-0.05, 0) is 6.92 Å². The van der Waals surface area contributed by atoms with E-state index >= 15 is 0 Å². The Labute approximate surface area is 59.0 Å². The number of nitrogens with two attached hydrogens (primary N) is 2. The monoisotopic (exact) mass is 148 g/mol. The van der Waals surface area contributed by atoms with Crippen LogP contribution in [0.4, 0.5) is 0 Å². The molecule has 60 valence electrons. The van der Waals surface area contributed by atoms with Gasteiger partial charge in [0.2, 0.25) is 0 Å². The molecule has 0 rings (SSSR count). The van der Waals surface area contributed by atoms with E-state index in [4.69, 9.17) is 15.6 Å². The number of carbonyl (C=O) groups excluding carboxylic acids is 1. The smallest absolute Gasteiger partial charge is 0.320 e. The molecule has 1 atom stereocenters. The van der Waals surface area contributed by atoms with Crippen molar-refractivity contribution in [2.75, 3.05) is 6.54 Å². The predicted octanol–water partition coefficient (Wildman–Crippen LogP) is -1.44. The lowest BCUT2D eigenvalue weighted by Gasteiger charge is -1.90. The van der Waals surface area contributed by atoms with Crippen molar-refractivity contribution in [1.29, 1.82) is 0 Å². The largest absolute Gasteiger partial charge is 0.480 e. The van der Waals surface area contributed by atoms with Gasteiger partial charge in [0.25, 0.3) is 0 Å². The second-order valence-electron chi connectivity index (χ2n) is 1.53. The molecular formula is C5H12N2O3. The standard InChI is InChI=1S/C3H7NO2.C2H5NO/c1-2(4)3(5)6;3-1-2-4/h2H,4H2,1H3,(H,5,6);2H,1,3H2. The molecular weight excluding hydrogens is 136 g/mol. The molecule has 0 aliphatic rings. The summed E-state index contributed by atoms with van der Waals surface area (Å²) in [4.78, 5) is 18.6. The van der Waals surface area contributed by atoms with Crippen molar-refractivity contribution in [2.45, 2.75) is 13.0 Å². The Morgan fingerprint density at radius 3 is 2.00 bits per heavy atom. The molecule has 0 aliphatic heterocycles. The zero-order chi connectivity index (χ0) is 8.57. The van der Waals surface area contributed by atoms with Crippen LogP contribution in [-0.4, -0.2) is 29.9 Å². The molecule has 5 heteroatoms. The fourth-order valence-corrected chi connectivity index (χ4v) is 0. The molecule has 5 N–H and O–H groups in total. The lowest BCUT2D eigenvalue weighted by Crippen LogP contribution is -2.25. The number of carboxylic acid groups (broad SMARTS) is 1. The van der Waals surface area contributed by atoms with E-state index in [1.807, 2.05) is 0 Å². The highest BCUT2D eigenvalue weighted by Gasteiger charge is 1.99. The van der Waals surface area contributed by atoms with Gasteiger partial charge in [0, 0.05) is 6.54 Å². The molecule has 0 aromatic carbocycles. The first-order chi connectivity index (χ1) is 4.56. The van der Waals surface area contributed by atoms with Crippen LogP contribution in [0.2, 0.25) is 0 Å². The summed E-state index contributed by atoms with van der Waals surface area (Å²) >= 11 is 0. The fourth-order valence-electron chi connectivity index (χ4n) is 0. The van der Waals surface area contributed by atoms with Gasteiger partial charge in [0.05, 0.1) is 0 Å². The van der Waals surface area contributed by atoms with E-state index in [2.05, 4.69) is 5.73 Å². The van der Waals surface area contributed by atoms with E-state index in [1.54, 1.807) is 0 Å². The fraction of sp³-hybridized carbons (Fsp3) is 0.600. The molecule has 0 saturated heterocycles. The molecule has 0 fully saturated rings. The number of aldehydes is 1. The van der Waals surface area contributed by atoms with Crippen molar-refractivity contribution in [3.63, 3.8) is 0 Å². The maximum atomic E-state index is 9.57. The Bertz CT molecular complexity index is 103. The number of carbonyl (C=O) groups is 2. The van der Waals surface area contributed by atoms with Crippen molar-refractivity contribution in [1.82, 2.24) is 0 Å². The van der Waals surface area contributed by atoms with Crippen LogP contribution in [-0.2, 0) is 9.59 Å². The molecule has 0 heterocycles. The van der Waals surface area contributed by atoms with Gasteiger partial charge >= 0.3 is 5.97 Å². The second kappa shape index (κ2) is 8.06. The Hall–Kier alpha value is -0.940. The van der Waals surface area contributed by atoms with Crippen molar-refractivity contribution in [3.05, 3.63) is 0 Å². The molecule has 0 aromatic rings. The lowest BCUT2D eigenvalue weighted by atomic mass is 10.4. The molecule has 0 spiro atoms. The summed E-state index contributed by atoms with van der Waals surface area (Å²) in [6, 6.07) is -0.731. The molecule has 0 aromatic heterocycles. The first-order valence-corrected chi connectivity index (χ1v) is 2.68. The van der Waals surface area contributed by atoms with E-state index in [-0.39, 0.29) is 6.54 Å². The van der Waals surface area contributed by atoms with Gasteiger partial charge in [-0.3, -0.25) is 4.79 Å². The Morgan fingerprint density at radius 2 is 2.00 bits per heavy atom. The highest BCUT2D eigenvalue weighted by Crippen LogP contribution is 1.68. The van der Waals surface area contributed by atoms with Crippen molar-refractivity contribution >= 4 is 12.3 Å². The summed E-state index contributed by atoms with van der Waals surface area (Å²) < 4.78 is 0. The zero-order valence-electron chi connectivity index (χ0n) is 5.78. The number of hydrogen-bond acceptors (Lipinski definition) is 4. The SMILES string of the molecule is CC(N)C(=O)O.NCC=O. The molecule has 1 unspecified atom stereocenters. The predicted molar refractivity (Wildman–Crippen MR) is 36.4 cm³/mol. The van der Waals surface area contributed by atoms with Crippen molar-refractivity contribution in [3.8, 4) is 0 Å². The molecule has 0 saturated carbocycles. The van der Waals surface area contributed by atoms with E-state index in [9.17, 15) is 4.79 Å². The number of aliphatic carboxylic acids is 1. The third-order valence-corrected chi connectivity index (χ3v) is 0.486. The van der Waals surface area contributed by atoms with Gasteiger partial charge < -0.3 is 21.4 Å². The summed E-state index contributed by atoms with van der Waals surface area (Å²) in [5.41, 5.74) is 9.50. The van der Waals surface area contributed by atoms with Gasteiger partial charge in [0.1, 0.15) is 12.3 Å². The average molecular weight is 148 g/mol. The average Bonchev–Trinajstić information content (AvgIpc) is 1.89. The highest BCUT2D eigenvalue weighted by molar-refractivity contribution is 5.72. The summed E-state index contributed by atoms with van der Waals surface area (Å²) in [7, 11) is 0. The van der Waals surface area contributed by atoms with Gasteiger partial charge in [-0.1, -0.05) is 0 Å².